The predicted octanol–water partition coefficient (Wildman–Crippen LogP) is 2.10. The van der Waals surface area contributed by atoms with Crippen molar-refractivity contribution in [1.29, 1.82) is 0 Å². The maximum atomic E-state index is 12.6. The lowest BCUT2D eigenvalue weighted by Crippen LogP contribution is -2.21. The Labute approximate surface area is 60.6 Å². The second-order valence-corrected chi connectivity index (χ2v) is 3.11. The van der Waals surface area contributed by atoms with Gasteiger partial charge in [0, 0.05) is 0 Å². The number of hydrogen-bond donors (Lipinski definition) is 0. The summed E-state index contributed by atoms with van der Waals surface area (Å²) in [6.07, 6.45) is 2.73. The van der Waals surface area contributed by atoms with Crippen LogP contribution in [0.15, 0.2) is 0 Å². The Kier molecular flexibility index (Phi) is 2.41. The van der Waals surface area contributed by atoms with Crippen LogP contribution in [0.5, 0.6) is 0 Å². The van der Waals surface area contributed by atoms with Gasteiger partial charge in [-0.3, -0.25) is 4.79 Å². The van der Waals surface area contributed by atoms with E-state index in [9.17, 15) is 9.18 Å². The smallest absolute Gasteiger partial charge is 0.163 e. The molecule has 0 aromatic rings. The summed E-state index contributed by atoms with van der Waals surface area (Å²) in [5.41, 5.74) is 0. The first-order valence-corrected chi connectivity index (χ1v) is 3.84. The summed E-state index contributed by atoms with van der Waals surface area (Å²) >= 11 is 0. The van der Waals surface area contributed by atoms with Gasteiger partial charge in [0.2, 0.25) is 0 Å². The molecule has 0 saturated heterocycles. The van der Waals surface area contributed by atoms with Crippen molar-refractivity contribution in [1.82, 2.24) is 0 Å². The average Bonchev–Trinajstić information content (AvgIpc) is 1.77. The number of ketones is 1. The Hall–Kier alpha value is -0.400. The van der Waals surface area contributed by atoms with Gasteiger partial charge in [-0.1, -0.05) is 19.3 Å². The molecule has 58 valence electrons. The molecule has 0 bridgehead atoms. The van der Waals surface area contributed by atoms with Crippen molar-refractivity contribution in [2.75, 3.05) is 0 Å². The van der Waals surface area contributed by atoms with Gasteiger partial charge >= 0.3 is 0 Å². The molecule has 0 aromatic heterocycles. The third kappa shape index (κ3) is 1.79. The van der Waals surface area contributed by atoms with Crippen molar-refractivity contribution in [2.45, 2.75) is 38.8 Å². The van der Waals surface area contributed by atoms with Crippen LogP contribution in [0, 0.1) is 5.92 Å². The fraction of sp³-hybridized carbons (Fsp3) is 0.875. The Morgan fingerprint density at radius 2 is 2.30 bits per heavy atom. The van der Waals surface area contributed by atoms with Crippen molar-refractivity contribution >= 4 is 5.78 Å². The van der Waals surface area contributed by atoms with Crippen molar-refractivity contribution in [3.63, 3.8) is 0 Å². The van der Waals surface area contributed by atoms with Gasteiger partial charge in [0.05, 0.1) is 0 Å². The van der Waals surface area contributed by atoms with Gasteiger partial charge in [-0.15, -0.1) is 0 Å². The van der Waals surface area contributed by atoms with E-state index in [4.69, 9.17) is 0 Å². The Morgan fingerprint density at radius 1 is 1.70 bits per heavy atom. The second kappa shape index (κ2) is 3.13. The van der Waals surface area contributed by atoms with Gasteiger partial charge < -0.3 is 0 Å². The molecule has 1 aliphatic rings. The van der Waals surface area contributed by atoms with Gasteiger partial charge in [0.15, 0.2) is 12.0 Å². The molecule has 0 aromatic carbocycles. The molecular formula is C8H13FO. The number of Topliss-reactive ketones (excluding diaryl/α,β-unsaturated/α-hetero) is 1. The van der Waals surface area contributed by atoms with Crippen molar-refractivity contribution in [2.24, 2.45) is 5.92 Å². The normalized spacial score (nSPS) is 21.8. The molecule has 1 fully saturated rings. The molecule has 0 amide bonds. The van der Waals surface area contributed by atoms with Gasteiger partial charge in [-0.2, -0.15) is 0 Å². The van der Waals surface area contributed by atoms with Gasteiger partial charge in [-0.05, 0) is 19.3 Å². The highest BCUT2D eigenvalue weighted by Gasteiger charge is 2.23. The molecule has 1 unspecified atom stereocenters. The molecule has 0 radical (unpaired) electrons. The van der Waals surface area contributed by atoms with Crippen molar-refractivity contribution in [3.05, 3.63) is 0 Å². The van der Waals surface area contributed by atoms with E-state index in [-0.39, 0.29) is 5.78 Å². The summed E-state index contributed by atoms with van der Waals surface area (Å²) in [4.78, 5) is 10.4. The second-order valence-electron chi connectivity index (χ2n) is 3.11. The molecule has 0 aliphatic heterocycles. The molecule has 1 nitrogen and oxygen atoms in total. The lowest BCUT2D eigenvalue weighted by Gasteiger charge is -2.25. The highest BCUT2D eigenvalue weighted by atomic mass is 19.1. The fourth-order valence-electron chi connectivity index (χ4n) is 1.19. The number of rotatable bonds is 3. The Bertz CT molecular complexity index is 129. The number of halogens is 1. The maximum Gasteiger partial charge on any atom is 0.163 e. The molecule has 0 heterocycles. The maximum absolute atomic E-state index is 12.6. The summed E-state index contributed by atoms with van der Waals surface area (Å²) in [6.45, 7) is 1.32. The van der Waals surface area contributed by atoms with E-state index in [0.29, 0.717) is 12.3 Å². The third-order valence-corrected chi connectivity index (χ3v) is 2.21. The summed E-state index contributed by atoms with van der Waals surface area (Å²) in [7, 11) is 0. The minimum Gasteiger partial charge on any atom is -0.297 e. The molecule has 1 aliphatic carbocycles. The molecule has 1 saturated carbocycles. The molecule has 0 spiro atoms. The molecule has 2 heteroatoms. The lowest BCUT2D eigenvalue weighted by molar-refractivity contribution is -0.122. The summed E-state index contributed by atoms with van der Waals surface area (Å²) in [6, 6.07) is 0. The van der Waals surface area contributed by atoms with Crippen molar-refractivity contribution in [3.8, 4) is 0 Å². The highest BCUT2D eigenvalue weighted by molar-refractivity contribution is 5.80. The number of hydrogen-bond acceptors (Lipinski definition) is 1. The minimum atomic E-state index is -1.19. The van der Waals surface area contributed by atoms with E-state index < -0.39 is 6.17 Å². The van der Waals surface area contributed by atoms with Crippen LogP contribution in [-0.4, -0.2) is 12.0 Å². The SMILES string of the molecule is CC(=O)C(F)CC1CCC1. The predicted molar refractivity (Wildman–Crippen MR) is 37.5 cm³/mol. The fourth-order valence-corrected chi connectivity index (χ4v) is 1.19. The number of carbonyl (C=O) groups excluding carboxylic acids is 1. The van der Waals surface area contributed by atoms with Gasteiger partial charge in [0.1, 0.15) is 0 Å². The molecular weight excluding hydrogens is 131 g/mol. The molecule has 1 atom stereocenters. The highest BCUT2D eigenvalue weighted by Crippen LogP contribution is 2.31. The summed E-state index contributed by atoms with van der Waals surface area (Å²) in [5.74, 6) is 0.186. The van der Waals surface area contributed by atoms with Crippen molar-refractivity contribution < 1.29 is 9.18 Å². The van der Waals surface area contributed by atoms with Crippen LogP contribution in [0.25, 0.3) is 0 Å². The topological polar surface area (TPSA) is 17.1 Å². The molecule has 1 rings (SSSR count). The molecule has 10 heavy (non-hydrogen) atoms. The van der Waals surface area contributed by atoms with Crippen LogP contribution in [-0.2, 0) is 4.79 Å². The summed E-state index contributed by atoms with van der Waals surface area (Å²) < 4.78 is 12.6. The van der Waals surface area contributed by atoms with Crippen LogP contribution >= 0.6 is 0 Å². The van der Waals surface area contributed by atoms with E-state index in [1.807, 2.05) is 0 Å². The lowest BCUT2D eigenvalue weighted by atomic mass is 9.81. The van der Waals surface area contributed by atoms with Crippen LogP contribution < -0.4 is 0 Å². The first kappa shape index (κ1) is 7.70. The van der Waals surface area contributed by atoms with E-state index in [1.165, 1.54) is 13.3 Å². The van der Waals surface area contributed by atoms with Crippen LogP contribution in [0.3, 0.4) is 0 Å². The largest absolute Gasteiger partial charge is 0.297 e. The quantitative estimate of drug-likeness (QED) is 0.592. The number of carbonyl (C=O) groups is 1. The first-order valence-electron chi connectivity index (χ1n) is 3.84. The van der Waals surface area contributed by atoms with E-state index in [1.54, 1.807) is 0 Å². The zero-order valence-corrected chi connectivity index (χ0v) is 6.27. The monoisotopic (exact) mass is 144 g/mol. The minimum absolute atomic E-state index is 0.313. The van der Waals surface area contributed by atoms with Gasteiger partial charge in [0.25, 0.3) is 0 Å². The zero-order chi connectivity index (χ0) is 7.56. The number of alkyl halides is 1. The van der Waals surface area contributed by atoms with Gasteiger partial charge in [-0.25, -0.2) is 4.39 Å². The van der Waals surface area contributed by atoms with E-state index in [2.05, 4.69) is 0 Å². The van der Waals surface area contributed by atoms with Crippen LogP contribution in [0.1, 0.15) is 32.6 Å². The first-order chi connectivity index (χ1) is 4.70. The third-order valence-electron chi connectivity index (χ3n) is 2.21. The summed E-state index contributed by atoms with van der Waals surface area (Å²) in [5, 5.41) is 0. The van der Waals surface area contributed by atoms with Crippen LogP contribution in [0.4, 0.5) is 4.39 Å². The zero-order valence-electron chi connectivity index (χ0n) is 6.27. The standard InChI is InChI=1S/C8H13FO/c1-6(10)8(9)5-7-3-2-4-7/h7-8H,2-5H2,1H3. The van der Waals surface area contributed by atoms with Crippen LogP contribution in [0.2, 0.25) is 0 Å². The molecule has 0 N–H and O–H groups in total. The van der Waals surface area contributed by atoms with E-state index >= 15 is 0 Å². The van der Waals surface area contributed by atoms with E-state index in [0.717, 1.165) is 12.8 Å². The Morgan fingerprint density at radius 3 is 2.60 bits per heavy atom. The average molecular weight is 144 g/mol. The Balaban J connectivity index is 2.16.